The Morgan fingerprint density at radius 2 is 1.74 bits per heavy atom. The molecule has 3 amide bonds. The molecule has 12 heteroatoms. The van der Waals surface area contributed by atoms with E-state index in [4.69, 9.17) is 9.47 Å². The van der Waals surface area contributed by atoms with E-state index < -0.39 is 16.1 Å². The second-order valence-corrected chi connectivity index (χ2v) is 10.6. The van der Waals surface area contributed by atoms with Crippen LogP contribution in [0, 0.1) is 10.1 Å². The Balaban J connectivity index is 1.19. The smallest absolute Gasteiger partial charge is 0.294 e. The number of imide groups is 1. The van der Waals surface area contributed by atoms with Crippen molar-refractivity contribution >= 4 is 46.3 Å². The minimum atomic E-state index is -0.522. The highest BCUT2D eigenvalue weighted by Crippen LogP contribution is 2.35. The van der Waals surface area contributed by atoms with E-state index in [-0.39, 0.29) is 29.7 Å². The minimum absolute atomic E-state index is 0.0281. The summed E-state index contributed by atoms with van der Waals surface area (Å²) in [5.74, 6) is 0.00914. The number of nitrogens with zero attached hydrogens (tertiary/aromatic N) is 4. The summed E-state index contributed by atoms with van der Waals surface area (Å²) in [7, 11) is 1.47. The number of benzene rings is 3. The summed E-state index contributed by atoms with van der Waals surface area (Å²) < 4.78 is 11.3. The van der Waals surface area contributed by atoms with Gasteiger partial charge < -0.3 is 19.3 Å². The van der Waals surface area contributed by atoms with Crippen molar-refractivity contribution in [1.82, 2.24) is 9.80 Å². The van der Waals surface area contributed by atoms with E-state index in [0.717, 1.165) is 22.3 Å². The number of hydrogen-bond acceptors (Lipinski definition) is 9. The maximum Gasteiger partial charge on any atom is 0.294 e. The molecule has 0 saturated carbocycles. The molecule has 0 atom stereocenters. The standard InChI is InChI=1S/C30H28N4O7S/c1-40-26-17-21(10-11-25(26)41-20-22-6-5-9-24(16-22)34(38)39)18-27-29(36)33(30(37)42-27)19-28(35)32-14-12-31(13-15-32)23-7-3-2-4-8-23/h2-11,16-18H,12-15,19-20H2,1H3/b27-18+. The molecule has 5 rings (SSSR count). The van der Waals surface area contributed by atoms with Gasteiger partial charge in [-0.1, -0.05) is 36.4 Å². The lowest BCUT2D eigenvalue weighted by Gasteiger charge is -2.36. The van der Waals surface area contributed by atoms with Crippen LogP contribution in [0.2, 0.25) is 0 Å². The number of para-hydroxylation sites is 1. The van der Waals surface area contributed by atoms with E-state index in [2.05, 4.69) is 4.90 Å². The van der Waals surface area contributed by atoms with Gasteiger partial charge in [0.1, 0.15) is 13.2 Å². The predicted molar refractivity (Wildman–Crippen MR) is 158 cm³/mol. The monoisotopic (exact) mass is 588 g/mol. The lowest BCUT2D eigenvalue weighted by molar-refractivity contribution is -0.384. The highest BCUT2D eigenvalue weighted by molar-refractivity contribution is 8.18. The molecule has 3 aromatic rings. The molecule has 2 heterocycles. The number of rotatable bonds is 9. The zero-order valence-electron chi connectivity index (χ0n) is 22.8. The summed E-state index contributed by atoms with van der Waals surface area (Å²) in [6.07, 6.45) is 1.57. The summed E-state index contributed by atoms with van der Waals surface area (Å²) in [6, 6.07) is 21.1. The van der Waals surface area contributed by atoms with Gasteiger partial charge in [0.25, 0.3) is 16.8 Å². The van der Waals surface area contributed by atoms with Crippen molar-refractivity contribution in [2.75, 3.05) is 44.7 Å². The molecular weight excluding hydrogens is 560 g/mol. The summed E-state index contributed by atoms with van der Waals surface area (Å²) in [5, 5.41) is 10.5. The van der Waals surface area contributed by atoms with Crippen molar-refractivity contribution < 1.29 is 28.8 Å². The summed E-state index contributed by atoms with van der Waals surface area (Å²) in [4.78, 5) is 54.3. The molecule has 0 unspecified atom stereocenters. The predicted octanol–water partition coefficient (Wildman–Crippen LogP) is 4.57. The van der Waals surface area contributed by atoms with Crippen LogP contribution >= 0.6 is 11.8 Å². The van der Waals surface area contributed by atoms with Crippen LogP contribution in [-0.2, 0) is 16.2 Å². The Hall–Kier alpha value is -4.84. The lowest BCUT2D eigenvalue weighted by atomic mass is 10.1. The number of piperazine rings is 1. The number of nitro groups is 1. The number of amides is 3. The number of non-ortho nitro benzene ring substituents is 1. The first-order chi connectivity index (χ1) is 20.3. The van der Waals surface area contributed by atoms with Gasteiger partial charge in [0.2, 0.25) is 5.91 Å². The first-order valence-corrected chi connectivity index (χ1v) is 14.0. The van der Waals surface area contributed by atoms with Crippen molar-refractivity contribution in [1.29, 1.82) is 0 Å². The Labute approximate surface area is 246 Å². The van der Waals surface area contributed by atoms with Crippen molar-refractivity contribution in [2.45, 2.75) is 6.61 Å². The number of anilines is 1. The van der Waals surface area contributed by atoms with Gasteiger partial charge in [-0.15, -0.1) is 0 Å². The lowest BCUT2D eigenvalue weighted by Crippen LogP contribution is -2.51. The summed E-state index contributed by atoms with van der Waals surface area (Å²) in [6.45, 7) is 2.14. The van der Waals surface area contributed by atoms with Crippen LogP contribution in [0.4, 0.5) is 16.2 Å². The van der Waals surface area contributed by atoms with Crippen molar-refractivity contribution in [3.8, 4) is 11.5 Å². The quantitative estimate of drug-likeness (QED) is 0.201. The van der Waals surface area contributed by atoms with Crippen LogP contribution in [0.1, 0.15) is 11.1 Å². The molecule has 11 nitrogen and oxygen atoms in total. The van der Waals surface area contributed by atoms with Crippen LogP contribution in [-0.4, -0.2) is 71.6 Å². The molecule has 2 aliphatic rings. The van der Waals surface area contributed by atoms with Gasteiger partial charge >= 0.3 is 0 Å². The number of carbonyl (C=O) groups excluding carboxylic acids is 3. The highest BCUT2D eigenvalue weighted by Gasteiger charge is 2.37. The van der Waals surface area contributed by atoms with Crippen molar-refractivity contribution in [2.24, 2.45) is 0 Å². The van der Waals surface area contributed by atoms with Gasteiger partial charge in [-0.3, -0.25) is 29.4 Å². The average molecular weight is 589 g/mol. The average Bonchev–Trinajstić information content (AvgIpc) is 3.28. The van der Waals surface area contributed by atoms with Gasteiger partial charge in [-0.2, -0.15) is 0 Å². The third kappa shape index (κ3) is 6.55. The van der Waals surface area contributed by atoms with E-state index in [1.54, 1.807) is 41.3 Å². The maximum atomic E-state index is 13.1. The fourth-order valence-corrected chi connectivity index (χ4v) is 5.53. The summed E-state index contributed by atoms with van der Waals surface area (Å²) in [5.41, 5.74) is 2.29. The molecule has 216 valence electrons. The fraction of sp³-hybridized carbons (Fsp3) is 0.233. The molecule has 42 heavy (non-hydrogen) atoms. The van der Waals surface area contributed by atoms with Crippen LogP contribution in [0.25, 0.3) is 6.08 Å². The zero-order valence-corrected chi connectivity index (χ0v) is 23.6. The second-order valence-electron chi connectivity index (χ2n) is 9.60. The normalized spacial score (nSPS) is 16.2. The van der Waals surface area contributed by atoms with Crippen molar-refractivity contribution in [3.63, 3.8) is 0 Å². The third-order valence-corrected chi connectivity index (χ3v) is 7.83. The van der Waals surface area contributed by atoms with Gasteiger partial charge in [0.05, 0.1) is 16.9 Å². The Bertz CT molecular complexity index is 1540. The van der Waals surface area contributed by atoms with E-state index in [9.17, 15) is 24.5 Å². The number of carbonyl (C=O) groups is 3. The summed E-state index contributed by atoms with van der Waals surface area (Å²) >= 11 is 0.784. The maximum absolute atomic E-state index is 13.1. The van der Waals surface area contributed by atoms with Gasteiger partial charge in [0.15, 0.2) is 11.5 Å². The van der Waals surface area contributed by atoms with Crippen LogP contribution in [0.5, 0.6) is 11.5 Å². The zero-order chi connectivity index (χ0) is 29.6. The Kier molecular flexibility index (Phi) is 8.72. The Morgan fingerprint density at radius 3 is 2.45 bits per heavy atom. The molecule has 0 aromatic heterocycles. The third-order valence-electron chi connectivity index (χ3n) is 6.92. The van der Waals surface area contributed by atoms with Gasteiger partial charge in [-0.25, -0.2) is 0 Å². The molecule has 0 aliphatic carbocycles. The van der Waals surface area contributed by atoms with Crippen LogP contribution in [0.15, 0.2) is 77.7 Å². The van der Waals surface area contributed by atoms with E-state index in [0.29, 0.717) is 48.8 Å². The molecule has 2 fully saturated rings. The molecule has 0 radical (unpaired) electrons. The molecule has 2 aliphatic heterocycles. The van der Waals surface area contributed by atoms with Gasteiger partial charge in [-0.05, 0) is 53.2 Å². The number of methoxy groups -OCH3 is 1. The van der Waals surface area contributed by atoms with Gasteiger partial charge in [0, 0.05) is 44.0 Å². The Morgan fingerprint density at radius 1 is 0.976 bits per heavy atom. The molecule has 2 saturated heterocycles. The first-order valence-electron chi connectivity index (χ1n) is 13.2. The van der Waals surface area contributed by atoms with Crippen LogP contribution < -0.4 is 14.4 Å². The number of thioether (sulfide) groups is 1. The molecule has 0 N–H and O–H groups in total. The van der Waals surface area contributed by atoms with Crippen molar-refractivity contribution in [3.05, 3.63) is 98.9 Å². The van der Waals surface area contributed by atoms with E-state index in [1.165, 1.54) is 19.2 Å². The number of ether oxygens (including phenoxy) is 2. The number of hydrogen-bond donors (Lipinski definition) is 0. The second kappa shape index (κ2) is 12.8. The first kappa shape index (κ1) is 28.7. The largest absolute Gasteiger partial charge is 0.493 e. The SMILES string of the molecule is COc1cc(/C=C2/SC(=O)N(CC(=O)N3CCN(c4ccccc4)CC3)C2=O)ccc1OCc1cccc([N+](=O)[O-])c1. The topological polar surface area (TPSA) is 123 Å². The minimum Gasteiger partial charge on any atom is -0.493 e. The van der Waals surface area contributed by atoms with Crippen LogP contribution in [0.3, 0.4) is 0 Å². The molecular formula is C30H28N4O7S. The number of nitro benzene ring substituents is 1. The molecule has 3 aromatic carbocycles. The van der Waals surface area contributed by atoms with E-state index >= 15 is 0 Å². The molecule has 0 bridgehead atoms. The highest BCUT2D eigenvalue weighted by atomic mass is 32.2. The fourth-order valence-electron chi connectivity index (χ4n) is 4.69. The van der Waals surface area contributed by atoms with E-state index in [1.807, 2.05) is 30.3 Å². The molecule has 0 spiro atoms.